The molecule has 0 aliphatic carbocycles. The van der Waals surface area contributed by atoms with E-state index in [9.17, 15) is 9.59 Å². The van der Waals surface area contributed by atoms with Gasteiger partial charge in [0.05, 0.1) is 17.9 Å². The van der Waals surface area contributed by atoms with E-state index in [1.807, 2.05) is 31.2 Å². The molecule has 2 unspecified atom stereocenters. The highest BCUT2D eigenvalue weighted by Crippen LogP contribution is 2.29. The van der Waals surface area contributed by atoms with Gasteiger partial charge in [0, 0.05) is 12.2 Å². The van der Waals surface area contributed by atoms with E-state index >= 15 is 0 Å². The minimum absolute atomic E-state index is 0.175. The van der Waals surface area contributed by atoms with E-state index < -0.39 is 5.97 Å². The number of rotatable bonds is 5. The number of carboxylic acids is 1. The molecule has 3 rings (SSSR count). The topological polar surface area (TPSA) is 88.8 Å². The van der Waals surface area contributed by atoms with Crippen molar-refractivity contribution in [3.8, 4) is 0 Å². The van der Waals surface area contributed by atoms with Gasteiger partial charge in [-0.05, 0) is 32.3 Å². The van der Waals surface area contributed by atoms with Crippen LogP contribution in [0.3, 0.4) is 0 Å². The van der Waals surface area contributed by atoms with E-state index in [1.165, 1.54) is 6.26 Å². The summed E-state index contributed by atoms with van der Waals surface area (Å²) in [4.78, 5) is 23.8. The van der Waals surface area contributed by atoms with Gasteiger partial charge in [0.2, 0.25) is 0 Å². The summed E-state index contributed by atoms with van der Waals surface area (Å²) < 4.78 is 11.2. The van der Waals surface area contributed by atoms with Crippen LogP contribution in [-0.2, 0) is 16.0 Å². The lowest BCUT2D eigenvalue weighted by Gasteiger charge is -2.32. The molecule has 6 nitrogen and oxygen atoms in total. The van der Waals surface area contributed by atoms with Gasteiger partial charge < -0.3 is 19.6 Å². The molecule has 0 saturated carbocycles. The van der Waals surface area contributed by atoms with Crippen LogP contribution >= 0.6 is 0 Å². The first-order valence-corrected chi connectivity index (χ1v) is 8.73. The fourth-order valence-corrected chi connectivity index (χ4v) is 3.32. The molecule has 138 valence electrons. The first-order chi connectivity index (χ1) is 12.5. The summed E-state index contributed by atoms with van der Waals surface area (Å²) in [5, 5.41) is 12.0. The number of nitrogens with one attached hydrogen (secondary N) is 1. The predicted octanol–water partition coefficient (Wildman–Crippen LogP) is 3.17. The van der Waals surface area contributed by atoms with E-state index in [2.05, 4.69) is 5.32 Å². The van der Waals surface area contributed by atoms with Crippen molar-refractivity contribution >= 4 is 11.9 Å². The van der Waals surface area contributed by atoms with Crippen molar-refractivity contribution in [1.82, 2.24) is 5.32 Å². The predicted molar refractivity (Wildman–Crippen MR) is 95.1 cm³/mol. The van der Waals surface area contributed by atoms with Gasteiger partial charge in [-0.2, -0.15) is 0 Å². The van der Waals surface area contributed by atoms with Crippen molar-refractivity contribution in [1.29, 1.82) is 0 Å². The van der Waals surface area contributed by atoms with E-state index in [-0.39, 0.29) is 30.2 Å². The zero-order valence-corrected chi connectivity index (χ0v) is 15.0. The van der Waals surface area contributed by atoms with Gasteiger partial charge >= 0.3 is 5.97 Å². The summed E-state index contributed by atoms with van der Waals surface area (Å²) in [6, 6.07) is 7.91. The summed E-state index contributed by atoms with van der Waals surface area (Å²) in [7, 11) is 0. The molecule has 1 fully saturated rings. The molecular weight excluding hydrogens is 334 g/mol. The SMILES string of the molecule is Cc1ccc(C2OCCCC2NC(=O)c2c(C)coc2CC(=O)O)cc1. The normalized spacial score (nSPS) is 19.9. The Bertz CT molecular complexity index is 793. The number of ether oxygens (including phenoxy) is 1. The number of amides is 1. The zero-order chi connectivity index (χ0) is 18.7. The average Bonchev–Trinajstić information content (AvgIpc) is 2.96. The Morgan fingerprint density at radius 3 is 2.65 bits per heavy atom. The second kappa shape index (κ2) is 7.74. The van der Waals surface area contributed by atoms with Crippen LogP contribution in [0.2, 0.25) is 0 Å². The monoisotopic (exact) mass is 357 g/mol. The third-order valence-corrected chi connectivity index (χ3v) is 4.63. The summed E-state index contributed by atoms with van der Waals surface area (Å²) in [6.45, 7) is 4.41. The number of aliphatic carboxylic acids is 1. The molecule has 6 heteroatoms. The highest BCUT2D eigenvalue weighted by Gasteiger charge is 2.30. The third-order valence-electron chi connectivity index (χ3n) is 4.63. The van der Waals surface area contributed by atoms with Gasteiger partial charge in [0.25, 0.3) is 5.91 Å². The molecule has 0 radical (unpaired) electrons. The van der Waals surface area contributed by atoms with Crippen LogP contribution in [0.4, 0.5) is 0 Å². The number of hydrogen-bond donors (Lipinski definition) is 2. The summed E-state index contributed by atoms with van der Waals surface area (Å²) >= 11 is 0. The molecule has 2 aromatic rings. The van der Waals surface area contributed by atoms with Gasteiger partial charge in [-0.25, -0.2) is 0 Å². The van der Waals surface area contributed by atoms with Crippen LogP contribution in [0.25, 0.3) is 0 Å². The molecule has 1 aliphatic rings. The lowest BCUT2D eigenvalue weighted by Crippen LogP contribution is -2.43. The average molecular weight is 357 g/mol. The van der Waals surface area contributed by atoms with Gasteiger partial charge in [-0.15, -0.1) is 0 Å². The minimum atomic E-state index is -1.04. The Kier molecular flexibility index (Phi) is 5.42. The van der Waals surface area contributed by atoms with Crippen LogP contribution in [0.1, 0.15) is 51.8 Å². The Labute approximate surface area is 152 Å². The van der Waals surface area contributed by atoms with Crippen molar-refractivity contribution in [2.75, 3.05) is 6.61 Å². The molecule has 1 amide bonds. The fraction of sp³-hybridized carbons (Fsp3) is 0.400. The summed E-state index contributed by atoms with van der Waals surface area (Å²) in [5.74, 6) is -1.18. The van der Waals surface area contributed by atoms with Crippen LogP contribution in [0.15, 0.2) is 34.9 Å². The van der Waals surface area contributed by atoms with Gasteiger partial charge in [-0.1, -0.05) is 29.8 Å². The number of carbonyl (C=O) groups is 2. The van der Waals surface area contributed by atoms with Crippen molar-refractivity contribution < 1.29 is 23.8 Å². The summed E-state index contributed by atoms with van der Waals surface area (Å²) in [5.41, 5.74) is 3.12. The number of hydrogen-bond acceptors (Lipinski definition) is 4. The Balaban J connectivity index is 1.80. The van der Waals surface area contributed by atoms with E-state index in [0.29, 0.717) is 17.7 Å². The second-order valence-corrected chi connectivity index (χ2v) is 6.71. The minimum Gasteiger partial charge on any atom is -0.481 e. The zero-order valence-electron chi connectivity index (χ0n) is 15.0. The van der Waals surface area contributed by atoms with Crippen LogP contribution in [-0.4, -0.2) is 29.6 Å². The van der Waals surface area contributed by atoms with Gasteiger partial charge in [0.1, 0.15) is 18.3 Å². The molecule has 0 bridgehead atoms. The molecule has 0 spiro atoms. The molecule has 2 N–H and O–H groups in total. The molecule has 1 aliphatic heterocycles. The molecule has 2 atom stereocenters. The number of aryl methyl sites for hydroxylation is 2. The highest BCUT2D eigenvalue weighted by molar-refractivity contribution is 5.97. The first-order valence-electron chi connectivity index (χ1n) is 8.73. The van der Waals surface area contributed by atoms with Crippen molar-refractivity contribution in [2.24, 2.45) is 0 Å². The van der Waals surface area contributed by atoms with Crippen LogP contribution < -0.4 is 5.32 Å². The fourth-order valence-electron chi connectivity index (χ4n) is 3.32. The van der Waals surface area contributed by atoms with Crippen molar-refractivity contribution in [2.45, 2.75) is 45.3 Å². The number of benzene rings is 1. The Morgan fingerprint density at radius 2 is 1.96 bits per heavy atom. The lowest BCUT2D eigenvalue weighted by atomic mass is 9.95. The number of carbonyl (C=O) groups excluding carboxylic acids is 1. The number of furan rings is 1. The maximum absolute atomic E-state index is 12.8. The Hall–Kier alpha value is -2.60. The second-order valence-electron chi connectivity index (χ2n) is 6.71. The molecule has 2 heterocycles. The van der Waals surface area contributed by atoms with Crippen LogP contribution in [0, 0.1) is 13.8 Å². The molecule has 1 aromatic carbocycles. The van der Waals surface area contributed by atoms with Crippen LogP contribution in [0.5, 0.6) is 0 Å². The molecule has 26 heavy (non-hydrogen) atoms. The highest BCUT2D eigenvalue weighted by atomic mass is 16.5. The molecule has 1 saturated heterocycles. The summed E-state index contributed by atoms with van der Waals surface area (Å²) in [6.07, 6.45) is 2.54. The van der Waals surface area contributed by atoms with E-state index in [0.717, 1.165) is 24.0 Å². The maximum atomic E-state index is 12.8. The third kappa shape index (κ3) is 3.96. The number of carboxylic acid groups (broad SMARTS) is 1. The first kappa shape index (κ1) is 18.2. The molecular formula is C20H23NO5. The Morgan fingerprint density at radius 1 is 1.23 bits per heavy atom. The van der Waals surface area contributed by atoms with Crippen molar-refractivity contribution in [3.05, 3.63) is 58.5 Å². The lowest BCUT2D eigenvalue weighted by molar-refractivity contribution is -0.136. The van der Waals surface area contributed by atoms with E-state index in [1.54, 1.807) is 6.92 Å². The largest absolute Gasteiger partial charge is 0.481 e. The smallest absolute Gasteiger partial charge is 0.311 e. The van der Waals surface area contributed by atoms with Crippen molar-refractivity contribution in [3.63, 3.8) is 0 Å². The maximum Gasteiger partial charge on any atom is 0.311 e. The van der Waals surface area contributed by atoms with Gasteiger partial charge in [0.15, 0.2) is 0 Å². The van der Waals surface area contributed by atoms with E-state index in [4.69, 9.17) is 14.3 Å². The quantitative estimate of drug-likeness (QED) is 0.858. The van der Waals surface area contributed by atoms with Gasteiger partial charge in [-0.3, -0.25) is 9.59 Å². The molecule has 1 aromatic heterocycles. The standard InChI is InChI=1S/C20H23NO5/c1-12-5-7-14(8-6-12)19-15(4-3-9-25-19)21-20(24)18-13(2)11-26-16(18)10-17(22)23/h5-8,11,15,19H,3-4,9-10H2,1-2H3,(H,21,24)(H,22,23).